The Morgan fingerprint density at radius 2 is 2.38 bits per heavy atom. The van der Waals surface area contributed by atoms with Gasteiger partial charge in [-0.2, -0.15) is 4.39 Å². The predicted octanol–water partition coefficient (Wildman–Crippen LogP) is 3.63. The maximum Gasteiger partial charge on any atom is 0.303 e. The fraction of sp³-hybridized carbons (Fsp3) is 0.417. The van der Waals surface area contributed by atoms with Crippen LogP contribution in [0.25, 0.3) is 0 Å². The van der Waals surface area contributed by atoms with Gasteiger partial charge in [-0.25, -0.2) is 0 Å². The van der Waals surface area contributed by atoms with Crippen molar-refractivity contribution in [1.82, 2.24) is 0 Å². The van der Waals surface area contributed by atoms with Crippen molar-refractivity contribution in [3.8, 4) is 0 Å². The summed E-state index contributed by atoms with van der Waals surface area (Å²) < 4.78 is 18.2. The number of allylic oxidation sites excluding steroid dienone is 2. The predicted molar refractivity (Wildman–Crippen MR) is 61.7 cm³/mol. The van der Waals surface area contributed by atoms with E-state index in [0.29, 0.717) is 18.4 Å². The summed E-state index contributed by atoms with van der Waals surface area (Å²) in [6.45, 7) is 6.76. The summed E-state index contributed by atoms with van der Waals surface area (Å²) in [6.07, 6.45) is 2.12. The van der Waals surface area contributed by atoms with Crippen LogP contribution in [-0.2, 0) is 9.53 Å². The molecule has 0 spiro atoms. The van der Waals surface area contributed by atoms with Crippen LogP contribution in [-0.4, -0.2) is 12.1 Å². The van der Waals surface area contributed by atoms with Gasteiger partial charge < -0.3 is 4.74 Å². The lowest BCUT2D eigenvalue weighted by atomic mass is 10.1. The molecule has 0 aromatic rings. The van der Waals surface area contributed by atoms with E-state index in [1.54, 1.807) is 6.08 Å². The van der Waals surface area contributed by atoms with Gasteiger partial charge in [-0.15, -0.1) is 6.58 Å². The smallest absolute Gasteiger partial charge is 0.303 e. The summed E-state index contributed by atoms with van der Waals surface area (Å²) in [5.74, 6) is -0.376. The average molecular weight is 245 g/mol. The molecule has 0 unspecified atom stereocenters. The normalized spacial score (nSPS) is 23.4. The van der Waals surface area contributed by atoms with Gasteiger partial charge in [-0.1, -0.05) is 17.7 Å². The number of esters is 1. The standard InChI is InChI=1S/C12H14ClFO2/c1-4-5-9-7(2)11(16-8(3)15)6-10(9)12(13)14/h4,11H,1,5-6H2,2-3H3/t11-/m0/s1. The Kier molecular flexibility index (Phi) is 4.30. The van der Waals surface area contributed by atoms with Crippen LogP contribution >= 0.6 is 11.6 Å². The molecule has 1 aliphatic carbocycles. The molecule has 0 saturated heterocycles. The molecule has 0 aromatic heterocycles. The van der Waals surface area contributed by atoms with E-state index >= 15 is 0 Å². The van der Waals surface area contributed by atoms with Crippen molar-refractivity contribution in [2.24, 2.45) is 0 Å². The zero-order valence-corrected chi connectivity index (χ0v) is 10.1. The Labute approximate surface area is 99.4 Å². The van der Waals surface area contributed by atoms with E-state index in [1.165, 1.54) is 6.92 Å². The summed E-state index contributed by atoms with van der Waals surface area (Å²) in [7, 11) is 0. The molecule has 0 radical (unpaired) electrons. The van der Waals surface area contributed by atoms with Crippen molar-refractivity contribution in [3.63, 3.8) is 0 Å². The van der Waals surface area contributed by atoms with Gasteiger partial charge in [0, 0.05) is 18.9 Å². The zero-order valence-electron chi connectivity index (χ0n) is 9.35. The van der Waals surface area contributed by atoms with Crippen LogP contribution < -0.4 is 0 Å². The lowest BCUT2D eigenvalue weighted by Gasteiger charge is -2.11. The van der Waals surface area contributed by atoms with E-state index in [-0.39, 0.29) is 5.97 Å². The molecule has 1 atom stereocenters. The minimum absolute atomic E-state index is 0.309. The number of ether oxygens (including phenoxy) is 1. The second kappa shape index (κ2) is 5.30. The summed E-state index contributed by atoms with van der Waals surface area (Å²) in [4.78, 5) is 10.9. The molecule has 1 rings (SSSR count). The van der Waals surface area contributed by atoms with Crippen molar-refractivity contribution >= 4 is 17.6 Å². The van der Waals surface area contributed by atoms with E-state index < -0.39 is 11.4 Å². The minimum Gasteiger partial charge on any atom is -0.458 e. The van der Waals surface area contributed by atoms with Crippen LogP contribution in [0.15, 0.2) is 34.7 Å². The van der Waals surface area contributed by atoms with Gasteiger partial charge in [0.1, 0.15) is 6.10 Å². The summed E-state index contributed by atoms with van der Waals surface area (Å²) in [6, 6.07) is 0. The first-order valence-electron chi connectivity index (χ1n) is 4.99. The maximum absolute atomic E-state index is 13.1. The van der Waals surface area contributed by atoms with Crippen LogP contribution in [0.2, 0.25) is 0 Å². The molecule has 4 heteroatoms. The molecular formula is C12H14ClFO2. The van der Waals surface area contributed by atoms with Crippen molar-refractivity contribution in [3.05, 3.63) is 34.7 Å². The minimum atomic E-state index is -0.731. The largest absolute Gasteiger partial charge is 0.458 e. The van der Waals surface area contributed by atoms with Crippen LogP contribution in [0.4, 0.5) is 4.39 Å². The molecule has 0 fully saturated rings. The quantitative estimate of drug-likeness (QED) is 0.560. The van der Waals surface area contributed by atoms with Crippen LogP contribution in [0.1, 0.15) is 26.7 Å². The third-order valence-electron chi connectivity index (χ3n) is 2.60. The average Bonchev–Trinajstić information content (AvgIpc) is 2.46. The third-order valence-corrected chi connectivity index (χ3v) is 2.83. The first-order chi connectivity index (χ1) is 7.47. The summed E-state index contributed by atoms with van der Waals surface area (Å²) >= 11 is 5.39. The Hall–Kier alpha value is -1.09. The van der Waals surface area contributed by atoms with Crippen molar-refractivity contribution in [1.29, 1.82) is 0 Å². The van der Waals surface area contributed by atoms with Crippen LogP contribution in [0.5, 0.6) is 0 Å². The molecule has 1 aliphatic rings. The van der Waals surface area contributed by atoms with Gasteiger partial charge in [0.05, 0.1) is 0 Å². The number of carbonyl (C=O) groups is 1. The Bertz CT molecular complexity index is 378. The molecule has 0 amide bonds. The van der Waals surface area contributed by atoms with Crippen molar-refractivity contribution in [2.75, 3.05) is 0 Å². The van der Waals surface area contributed by atoms with Crippen LogP contribution in [0, 0.1) is 0 Å². The van der Waals surface area contributed by atoms with E-state index in [0.717, 1.165) is 11.1 Å². The second-order valence-corrected chi connectivity index (χ2v) is 4.03. The zero-order chi connectivity index (χ0) is 12.3. The van der Waals surface area contributed by atoms with E-state index in [1.807, 2.05) is 6.92 Å². The molecule has 0 aliphatic heterocycles. The Morgan fingerprint density at radius 3 is 2.81 bits per heavy atom. The first-order valence-corrected chi connectivity index (χ1v) is 5.37. The lowest BCUT2D eigenvalue weighted by Crippen LogP contribution is -2.14. The van der Waals surface area contributed by atoms with E-state index in [9.17, 15) is 9.18 Å². The van der Waals surface area contributed by atoms with Gasteiger partial charge in [0.2, 0.25) is 0 Å². The lowest BCUT2D eigenvalue weighted by molar-refractivity contribution is -0.144. The molecule has 88 valence electrons. The van der Waals surface area contributed by atoms with Crippen molar-refractivity contribution < 1.29 is 13.9 Å². The Morgan fingerprint density at radius 1 is 1.75 bits per heavy atom. The highest BCUT2D eigenvalue weighted by Gasteiger charge is 2.30. The van der Waals surface area contributed by atoms with E-state index in [4.69, 9.17) is 16.3 Å². The highest BCUT2D eigenvalue weighted by atomic mass is 35.5. The Balaban J connectivity index is 3.02. The number of rotatable bonds is 3. The van der Waals surface area contributed by atoms with Gasteiger partial charge in [0.15, 0.2) is 5.29 Å². The SMILES string of the molecule is C=CCC1=C(C)[C@@H](OC(C)=O)CC1=C(F)Cl. The molecule has 0 heterocycles. The highest BCUT2D eigenvalue weighted by Crippen LogP contribution is 2.38. The molecule has 2 nitrogen and oxygen atoms in total. The number of carbonyl (C=O) groups excluding carboxylic acids is 1. The molecular weight excluding hydrogens is 231 g/mol. The molecule has 0 bridgehead atoms. The highest BCUT2D eigenvalue weighted by molar-refractivity contribution is 6.28. The van der Waals surface area contributed by atoms with Crippen molar-refractivity contribution in [2.45, 2.75) is 32.8 Å². The fourth-order valence-electron chi connectivity index (χ4n) is 1.84. The summed E-state index contributed by atoms with van der Waals surface area (Å²) in [5, 5.41) is -0.731. The second-order valence-electron chi connectivity index (χ2n) is 3.70. The molecule has 16 heavy (non-hydrogen) atoms. The van der Waals surface area contributed by atoms with Gasteiger partial charge in [-0.05, 0) is 24.5 Å². The molecule has 0 aromatic carbocycles. The number of halogens is 2. The van der Waals surface area contributed by atoms with Crippen LogP contribution in [0.3, 0.4) is 0 Å². The fourth-order valence-corrected chi connectivity index (χ4v) is 2.04. The monoisotopic (exact) mass is 244 g/mol. The number of hydrogen-bond acceptors (Lipinski definition) is 2. The number of hydrogen-bond donors (Lipinski definition) is 0. The summed E-state index contributed by atoms with van der Waals surface area (Å²) in [5.41, 5.74) is 2.06. The third kappa shape index (κ3) is 2.73. The van der Waals surface area contributed by atoms with E-state index in [2.05, 4.69) is 6.58 Å². The molecule has 0 saturated carbocycles. The first kappa shape index (κ1) is 13.0. The molecule has 0 N–H and O–H groups in total. The van der Waals surface area contributed by atoms with Gasteiger partial charge in [-0.3, -0.25) is 4.79 Å². The van der Waals surface area contributed by atoms with Gasteiger partial charge >= 0.3 is 5.97 Å². The topological polar surface area (TPSA) is 26.3 Å². The van der Waals surface area contributed by atoms with Gasteiger partial charge in [0.25, 0.3) is 0 Å². The maximum atomic E-state index is 13.1.